The van der Waals surface area contributed by atoms with Crippen molar-refractivity contribution in [3.63, 3.8) is 0 Å². The van der Waals surface area contributed by atoms with E-state index in [-0.39, 0.29) is 11.8 Å². The molecule has 5 aromatic rings. The molecule has 5 aromatic carbocycles. The van der Waals surface area contributed by atoms with E-state index in [0.29, 0.717) is 11.3 Å². The fourth-order valence-corrected chi connectivity index (χ4v) is 6.74. The third-order valence-electron chi connectivity index (χ3n) is 7.60. The van der Waals surface area contributed by atoms with E-state index in [1.165, 1.54) is 10.9 Å². The zero-order chi connectivity index (χ0) is 25.0. The zero-order valence-corrected chi connectivity index (χ0v) is 21.9. The molecule has 0 radical (unpaired) electrons. The highest BCUT2D eigenvalue weighted by molar-refractivity contribution is 9.10. The summed E-state index contributed by atoms with van der Waals surface area (Å²) in [5, 5.41) is 19.5. The second kappa shape index (κ2) is 9.09. The molecule has 1 aliphatic rings. The lowest BCUT2D eigenvalue weighted by Crippen LogP contribution is -2.40. The number of aryl methyl sites for hydroxylation is 1. The van der Waals surface area contributed by atoms with Gasteiger partial charge in [-0.2, -0.15) is 12.6 Å². The summed E-state index contributed by atoms with van der Waals surface area (Å²) in [5.41, 5.74) is 2.95. The largest absolute Gasteiger partial charge is 0.479 e. The van der Waals surface area contributed by atoms with E-state index >= 15 is 0 Å². The number of thiol groups is 1. The van der Waals surface area contributed by atoms with E-state index in [2.05, 4.69) is 70.3 Å². The number of nitrogens with one attached hydrogen (secondary N) is 1. The third-order valence-corrected chi connectivity index (χ3v) is 8.49. The van der Waals surface area contributed by atoms with Gasteiger partial charge in [-0.15, -0.1) is 0 Å². The van der Waals surface area contributed by atoms with Crippen molar-refractivity contribution in [2.24, 2.45) is 5.92 Å². The smallest absolute Gasteiger partial charge is 0.330 e. The van der Waals surface area contributed by atoms with E-state index in [1.54, 1.807) is 0 Å². The molecule has 0 saturated carbocycles. The lowest BCUT2D eigenvalue weighted by Gasteiger charge is -2.25. The van der Waals surface area contributed by atoms with Crippen molar-refractivity contribution in [2.75, 3.05) is 5.75 Å². The summed E-state index contributed by atoms with van der Waals surface area (Å²) in [7, 11) is 0. The number of carbonyl (C=O) groups is 2. The number of fused-ring (bicyclic) bond motifs is 1. The molecule has 0 aliphatic heterocycles. The highest BCUT2D eigenvalue weighted by Crippen LogP contribution is 2.41. The van der Waals surface area contributed by atoms with Crippen LogP contribution in [0.2, 0.25) is 0 Å². The molecule has 36 heavy (non-hydrogen) atoms. The Morgan fingerprint density at radius 3 is 2.22 bits per heavy atom. The quantitative estimate of drug-likeness (QED) is 0.158. The molecule has 0 fully saturated rings. The first-order valence-electron chi connectivity index (χ1n) is 12.0. The van der Waals surface area contributed by atoms with Crippen molar-refractivity contribution in [3.05, 3.63) is 94.0 Å². The molecule has 1 amide bonds. The Balaban J connectivity index is 1.35. The predicted octanol–water partition coefficient (Wildman–Crippen LogP) is 6.86. The molecule has 0 bridgehead atoms. The number of hydrogen-bond acceptors (Lipinski definition) is 3. The summed E-state index contributed by atoms with van der Waals surface area (Å²) in [6, 6.07) is 23.2. The van der Waals surface area contributed by atoms with Crippen LogP contribution in [0, 0.1) is 5.92 Å². The standard InChI is InChI=1S/C30H24BrNO3S/c31-22-9-11-23-18(14-22)8-10-24(23)25(15-36)29(33)32-28(30(34)35)21-12-19-6-4-16-2-1-3-17-5-7-20(13-21)27(19)26(16)17/h1-7,9,11-14,24-25,28,36H,8,10,15H2,(H,32,33)(H,34,35)/t24-,25-,28-/m0/s1. The summed E-state index contributed by atoms with van der Waals surface area (Å²) >= 11 is 8.02. The van der Waals surface area contributed by atoms with Crippen LogP contribution < -0.4 is 5.32 Å². The summed E-state index contributed by atoms with van der Waals surface area (Å²) in [6.07, 6.45) is 1.75. The Kier molecular flexibility index (Phi) is 5.89. The number of carboxylic acids is 1. The minimum absolute atomic E-state index is 0.0190. The van der Waals surface area contributed by atoms with E-state index in [4.69, 9.17) is 0 Å². The fraction of sp³-hybridized carbons (Fsp3) is 0.200. The van der Waals surface area contributed by atoms with Crippen molar-refractivity contribution in [2.45, 2.75) is 24.8 Å². The SMILES string of the molecule is O=C(O)[C@@H](NC(=O)[C@@H](CS)[C@H]1CCc2cc(Br)ccc21)c1cc2ccc3cccc4ccc(c1)c2c34. The molecule has 4 nitrogen and oxygen atoms in total. The monoisotopic (exact) mass is 557 g/mol. The molecule has 3 atom stereocenters. The van der Waals surface area contributed by atoms with Crippen LogP contribution in [0.5, 0.6) is 0 Å². The highest BCUT2D eigenvalue weighted by Gasteiger charge is 2.35. The molecule has 6 rings (SSSR count). The first-order valence-corrected chi connectivity index (χ1v) is 13.5. The minimum atomic E-state index is -1.15. The van der Waals surface area contributed by atoms with Crippen molar-refractivity contribution in [1.82, 2.24) is 5.32 Å². The number of carboxylic acid groups (broad SMARTS) is 1. The predicted molar refractivity (Wildman–Crippen MR) is 151 cm³/mol. The number of carbonyl (C=O) groups excluding carboxylic acids is 1. The minimum Gasteiger partial charge on any atom is -0.479 e. The molecule has 6 heteroatoms. The zero-order valence-electron chi connectivity index (χ0n) is 19.4. The number of halogens is 1. The second-order valence-corrected chi connectivity index (χ2v) is 10.9. The number of rotatable bonds is 6. The summed E-state index contributed by atoms with van der Waals surface area (Å²) in [5.74, 6) is -1.40. The molecule has 0 saturated heterocycles. The maximum atomic E-state index is 13.5. The Morgan fingerprint density at radius 1 is 0.944 bits per heavy atom. The van der Waals surface area contributed by atoms with Gasteiger partial charge in [0.2, 0.25) is 5.91 Å². The van der Waals surface area contributed by atoms with Gasteiger partial charge in [-0.3, -0.25) is 4.79 Å². The highest BCUT2D eigenvalue weighted by atomic mass is 79.9. The van der Waals surface area contributed by atoms with Crippen molar-refractivity contribution in [3.8, 4) is 0 Å². The normalized spacial score (nSPS) is 16.9. The third kappa shape index (κ3) is 3.84. The van der Waals surface area contributed by atoms with Crippen molar-refractivity contribution >= 4 is 72.8 Å². The summed E-state index contributed by atoms with van der Waals surface area (Å²) in [6.45, 7) is 0. The number of hydrogen-bond donors (Lipinski definition) is 3. The fourth-order valence-electron chi connectivity index (χ4n) is 5.91. The van der Waals surface area contributed by atoms with Crippen molar-refractivity contribution < 1.29 is 14.7 Å². The Hall–Kier alpha value is -3.09. The Bertz CT molecular complexity index is 1580. The van der Waals surface area contributed by atoms with Gasteiger partial charge in [-0.25, -0.2) is 4.79 Å². The van der Waals surface area contributed by atoms with E-state index < -0.39 is 17.9 Å². The molecular weight excluding hydrogens is 534 g/mol. The molecule has 2 N–H and O–H groups in total. The first kappa shape index (κ1) is 23.3. The van der Waals surface area contributed by atoms with Gasteiger partial charge in [-0.1, -0.05) is 64.5 Å². The lowest BCUT2D eigenvalue weighted by atomic mass is 9.87. The lowest BCUT2D eigenvalue weighted by molar-refractivity contribution is -0.142. The van der Waals surface area contributed by atoms with Crippen LogP contribution >= 0.6 is 28.6 Å². The number of amides is 1. The molecule has 0 heterocycles. The van der Waals surface area contributed by atoms with Gasteiger partial charge in [0, 0.05) is 10.2 Å². The van der Waals surface area contributed by atoms with Crippen LogP contribution in [0.4, 0.5) is 0 Å². The molecule has 0 unspecified atom stereocenters. The van der Waals surface area contributed by atoms with Gasteiger partial charge in [0.05, 0.1) is 5.92 Å². The first-order chi connectivity index (χ1) is 17.4. The van der Waals surface area contributed by atoms with Gasteiger partial charge in [0.1, 0.15) is 0 Å². The van der Waals surface area contributed by atoms with Gasteiger partial charge in [0.25, 0.3) is 0 Å². The van der Waals surface area contributed by atoms with E-state index in [1.807, 2.05) is 36.4 Å². The maximum absolute atomic E-state index is 13.5. The van der Waals surface area contributed by atoms with Gasteiger partial charge in [0.15, 0.2) is 6.04 Å². The molecule has 0 spiro atoms. The van der Waals surface area contributed by atoms with Crippen LogP contribution in [0.3, 0.4) is 0 Å². The molecule has 180 valence electrons. The molecule has 0 aromatic heterocycles. The average Bonchev–Trinajstić information content (AvgIpc) is 3.28. The van der Waals surface area contributed by atoms with Crippen molar-refractivity contribution in [1.29, 1.82) is 0 Å². The summed E-state index contributed by atoms with van der Waals surface area (Å²) in [4.78, 5) is 25.9. The van der Waals surface area contributed by atoms with E-state index in [0.717, 1.165) is 49.8 Å². The van der Waals surface area contributed by atoms with Crippen LogP contribution in [-0.2, 0) is 16.0 Å². The van der Waals surface area contributed by atoms with Crippen LogP contribution in [0.25, 0.3) is 32.3 Å². The van der Waals surface area contributed by atoms with Crippen LogP contribution in [0.15, 0.2) is 77.3 Å². The Labute approximate surface area is 222 Å². The average molecular weight is 558 g/mol. The molecular formula is C30H24BrNO3S. The molecule has 1 aliphatic carbocycles. The van der Waals surface area contributed by atoms with Crippen LogP contribution in [0.1, 0.15) is 35.1 Å². The maximum Gasteiger partial charge on any atom is 0.330 e. The van der Waals surface area contributed by atoms with E-state index in [9.17, 15) is 14.7 Å². The number of aliphatic carboxylic acids is 1. The van der Waals surface area contributed by atoms with Gasteiger partial charge >= 0.3 is 5.97 Å². The topological polar surface area (TPSA) is 66.4 Å². The second-order valence-electron chi connectivity index (χ2n) is 9.61. The number of benzene rings is 5. The van der Waals surface area contributed by atoms with Gasteiger partial charge in [-0.05, 0) is 92.0 Å². The summed E-state index contributed by atoms with van der Waals surface area (Å²) < 4.78 is 1.02. The van der Waals surface area contributed by atoms with Gasteiger partial charge < -0.3 is 10.4 Å². The Morgan fingerprint density at radius 2 is 1.58 bits per heavy atom. The van der Waals surface area contributed by atoms with Crippen LogP contribution in [-0.4, -0.2) is 22.7 Å².